The first kappa shape index (κ1) is 15.5. The van der Waals surface area contributed by atoms with E-state index in [0.717, 1.165) is 29.0 Å². The van der Waals surface area contributed by atoms with Gasteiger partial charge in [0.15, 0.2) is 0 Å². The topological polar surface area (TPSA) is 27.1 Å². The summed E-state index contributed by atoms with van der Waals surface area (Å²) in [5, 5.41) is 0. The molecule has 0 saturated carbocycles. The zero-order chi connectivity index (χ0) is 16.4. The number of fused-ring (bicyclic) bond motifs is 1. The molecule has 0 N–H and O–H groups in total. The summed E-state index contributed by atoms with van der Waals surface area (Å²) in [5.74, 6) is 2.06. The summed E-state index contributed by atoms with van der Waals surface area (Å²) in [5.41, 5.74) is 2.56. The van der Waals surface area contributed by atoms with Crippen LogP contribution in [0.15, 0.2) is 42.5 Å². The fraction of sp³-hybridized carbons (Fsp3) is 0.316. The van der Waals surface area contributed by atoms with Crippen molar-refractivity contribution in [3.8, 4) is 5.75 Å². The standard InChI is InChI=1S/C19H21FN2O/c1-13(2)10-19-21-17-11-15(23-3)8-9-18(17)22(19)12-14-6-4-5-7-16(14)20/h4-9,11,13H,10,12H2,1-3H3. The lowest BCUT2D eigenvalue weighted by Crippen LogP contribution is -2.09. The molecule has 0 aliphatic rings. The SMILES string of the molecule is COc1ccc2c(c1)nc(CC(C)C)n2Cc1ccccc1F. The van der Waals surface area contributed by atoms with Crippen molar-refractivity contribution < 1.29 is 9.13 Å². The largest absolute Gasteiger partial charge is 0.497 e. The van der Waals surface area contributed by atoms with Crippen molar-refractivity contribution in [1.29, 1.82) is 0 Å². The van der Waals surface area contributed by atoms with Crippen LogP contribution >= 0.6 is 0 Å². The number of nitrogens with zero attached hydrogens (tertiary/aromatic N) is 2. The minimum absolute atomic E-state index is 0.182. The molecule has 0 atom stereocenters. The van der Waals surface area contributed by atoms with E-state index in [1.54, 1.807) is 13.2 Å². The van der Waals surface area contributed by atoms with Crippen molar-refractivity contribution in [2.75, 3.05) is 7.11 Å². The molecule has 0 bridgehead atoms. The first-order valence-corrected chi connectivity index (χ1v) is 7.85. The number of ether oxygens (including phenoxy) is 1. The lowest BCUT2D eigenvalue weighted by Gasteiger charge is -2.11. The van der Waals surface area contributed by atoms with Gasteiger partial charge in [-0.2, -0.15) is 0 Å². The molecule has 23 heavy (non-hydrogen) atoms. The number of methoxy groups -OCH3 is 1. The molecule has 3 nitrogen and oxygen atoms in total. The highest BCUT2D eigenvalue weighted by molar-refractivity contribution is 5.78. The van der Waals surface area contributed by atoms with Gasteiger partial charge in [-0.05, 0) is 24.1 Å². The maximum absolute atomic E-state index is 14.0. The molecule has 4 heteroatoms. The number of benzene rings is 2. The summed E-state index contributed by atoms with van der Waals surface area (Å²) in [7, 11) is 1.65. The highest BCUT2D eigenvalue weighted by atomic mass is 19.1. The predicted molar refractivity (Wildman–Crippen MR) is 90.3 cm³/mol. The number of imidazole rings is 1. The van der Waals surface area contributed by atoms with Crippen LogP contribution in [-0.2, 0) is 13.0 Å². The van der Waals surface area contributed by atoms with Crippen LogP contribution in [0, 0.1) is 11.7 Å². The molecule has 1 aromatic heterocycles. The van der Waals surface area contributed by atoms with Crippen LogP contribution in [0.1, 0.15) is 25.2 Å². The number of hydrogen-bond acceptors (Lipinski definition) is 2. The van der Waals surface area contributed by atoms with E-state index >= 15 is 0 Å². The molecule has 0 spiro atoms. The minimum atomic E-state index is -0.182. The summed E-state index contributed by atoms with van der Waals surface area (Å²) in [4.78, 5) is 4.75. The molecule has 0 aliphatic heterocycles. The molecule has 3 aromatic rings. The molecule has 0 aliphatic carbocycles. The third-order valence-electron chi connectivity index (χ3n) is 3.91. The molecule has 2 aromatic carbocycles. The first-order valence-electron chi connectivity index (χ1n) is 7.85. The van der Waals surface area contributed by atoms with Gasteiger partial charge in [0.25, 0.3) is 0 Å². The Morgan fingerprint density at radius 1 is 1.17 bits per heavy atom. The summed E-state index contributed by atoms with van der Waals surface area (Å²) >= 11 is 0. The summed E-state index contributed by atoms with van der Waals surface area (Å²) in [6.45, 7) is 4.80. The van der Waals surface area contributed by atoms with Gasteiger partial charge in [0.05, 0.1) is 24.7 Å². The second kappa shape index (κ2) is 6.41. The van der Waals surface area contributed by atoms with Gasteiger partial charge in [-0.3, -0.25) is 0 Å². The second-order valence-electron chi connectivity index (χ2n) is 6.16. The maximum Gasteiger partial charge on any atom is 0.128 e. The van der Waals surface area contributed by atoms with Gasteiger partial charge < -0.3 is 9.30 Å². The molecule has 0 radical (unpaired) electrons. The van der Waals surface area contributed by atoms with Crippen molar-refractivity contribution in [3.63, 3.8) is 0 Å². The van der Waals surface area contributed by atoms with Crippen molar-refractivity contribution in [3.05, 3.63) is 59.7 Å². The molecular formula is C19H21FN2O. The molecule has 1 heterocycles. The monoisotopic (exact) mass is 312 g/mol. The van der Waals surface area contributed by atoms with E-state index in [-0.39, 0.29) is 5.82 Å². The molecule has 0 saturated heterocycles. The Balaban J connectivity index is 2.10. The Kier molecular flexibility index (Phi) is 4.33. The number of hydrogen-bond donors (Lipinski definition) is 0. The quantitative estimate of drug-likeness (QED) is 0.697. The average molecular weight is 312 g/mol. The third kappa shape index (κ3) is 3.21. The van der Waals surface area contributed by atoms with Crippen LogP contribution in [0.3, 0.4) is 0 Å². The van der Waals surface area contributed by atoms with Gasteiger partial charge in [0.2, 0.25) is 0 Å². The van der Waals surface area contributed by atoms with Crippen molar-refractivity contribution >= 4 is 11.0 Å². The summed E-state index contributed by atoms with van der Waals surface area (Å²) in [6, 6.07) is 12.7. The fourth-order valence-electron chi connectivity index (χ4n) is 2.78. The van der Waals surface area contributed by atoms with Crippen molar-refractivity contribution in [2.45, 2.75) is 26.8 Å². The zero-order valence-electron chi connectivity index (χ0n) is 13.7. The van der Waals surface area contributed by atoms with E-state index in [1.165, 1.54) is 6.07 Å². The number of rotatable bonds is 5. The Hall–Kier alpha value is -2.36. The van der Waals surface area contributed by atoms with Crippen LogP contribution < -0.4 is 4.74 Å². The smallest absolute Gasteiger partial charge is 0.128 e. The Bertz CT molecular complexity index is 823. The van der Waals surface area contributed by atoms with Crippen LogP contribution in [0.2, 0.25) is 0 Å². The van der Waals surface area contributed by atoms with E-state index in [9.17, 15) is 4.39 Å². The van der Waals surface area contributed by atoms with Crippen LogP contribution in [0.5, 0.6) is 5.75 Å². The molecule has 0 amide bonds. The molecule has 0 unspecified atom stereocenters. The Labute approximate surface area is 135 Å². The van der Waals surface area contributed by atoms with E-state index in [0.29, 0.717) is 18.0 Å². The molecule has 3 rings (SSSR count). The van der Waals surface area contributed by atoms with Gasteiger partial charge in [-0.25, -0.2) is 9.37 Å². The maximum atomic E-state index is 14.0. The van der Waals surface area contributed by atoms with Gasteiger partial charge in [-0.15, -0.1) is 0 Å². The average Bonchev–Trinajstić information content (AvgIpc) is 2.85. The molecule has 0 fully saturated rings. The summed E-state index contributed by atoms with van der Waals surface area (Å²) < 4.78 is 21.4. The van der Waals surface area contributed by atoms with Gasteiger partial charge >= 0.3 is 0 Å². The van der Waals surface area contributed by atoms with Crippen LogP contribution in [0.4, 0.5) is 4.39 Å². The van der Waals surface area contributed by atoms with Gasteiger partial charge in [0, 0.05) is 18.1 Å². The fourth-order valence-corrected chi connectivity index (χ4v) is 2.78. The predicted octanol–water partition coefficient (Wildman–Crippen LogP) is 4.43. The van der Waals surface area contributed by atoms with E-state index < -0.39 is 0 Å². The first-order chi connectivity index (χ1) is 11.1. The Morgan fingerprint density at radius 2 is 1.96 bits per heavy atom. The van der Waals surface area contributed by atoms with E-state index in [4.69, 9.17) is 9.72 Å². The molecule has 120 valence electrons. The number of aromatic nitrogens is 2. The van der Waals surface area contributed by atoms with Crippen LogP contribution in [0.25, 0.3) is 11.0 Å². The van der Waals surface area contributed by atoms with E-state index in [2.05, 4.69) is 18.4 Å². The highest BCUT2D eigenvalue weighted by Gasteiger charge is 2.14. The second-order valence-corrected chi connectivity index (χ2v) is 6.16. The van der Waals surface area contributed by atoms with Crippen molar-refractivity contribution in [1.82, 2.24) is 9.55 Å². The van der Waals surface area contributed by atoms with Crippen LogP contribution in [-0.4, -0.2) is 16.7 Å². The highest BCUT2D eigenvalue weighted by Crippen LogP contribution is 2.24. The van der Waals surface area contributed by atoms with Gasteiger partial charge in [-0.1, -0.05) is 32.0 Å². The minimum Gasteiger partial charge on any atom is -0.497 e. The normalized spacial score (nSPS) is 11.3. The lowest BCUT2D eigenvalue weighted by atomic mass is 10.1. The van der Waals surface area contributed by atoms with Gasteiger partial charge in [0.1, 0.15) is 17.4 Å². The lowest BCUT2D eigenvalue weighted by molar-refractivity contribution is 0.415. The number of halogens is 1. The summed E-state index contributed by atoms with van der Waals surface area (Å²) in [6.07, 6.45) is 0.853. The Morgan fingerprint density at radius 3 is 2.65 bits per heavy atom. The third-order valence-corrected chi connectivity index (χ3v) is 3.91. The van der Waals surface area contributed by atoms with Crippen molar-refractivity contribution in [2.24, 2.45) is 5.92 Å². The zero-order valence-corrected chi connectivity index (χ0v) is 13.7. The molecular weight excluding hydrogens is 291 g/mol. The van der Waals surface area contributed by atoms with E-state index in [1.807, 2.05) is 30.3 Å².